The zero-order valence-electron chi connectivity index (χ0n) is 15.9. The lowest BCUT2D eigenvalue weighted by Gasteiger charge is -2.17. The fraction of sp³-hybridized carbons (Fsp3) is 0.0870. The molecule has 7 heteroatoms. The summed E-state index contributed by atoms with van der Waals surface area (Å²) in [4.78, 5) is 31.7. The van der Waals surface area contributed by atoms with Gasteiger partial charge in [0.05, 0.1) is 23.4 Å². The Labute approximate surface area is 176 Å². The summed E-state index contributed by atoms with van der Waals surface area (Å²) >= 11 is 6.02. The van der Waals surface area contributed by atoms with Crippen LogP contribution in [0.2, 0.25) is 5.02 Å². The van der Waals surface area contributed by atoms with Crippen molar-refractivity contribution in [3.63, 3.8) is 0 Å². The SMILES string of the molecule is CCOc1ccccc1N1C(=O)c2ccc(-c3nc4cc(Cl)ccc4o3)cc2C1=O. The minimum absolute atomic E-state index is 0.295. The number of hydrogen-bond acceptors (Lipinski definition) is 5. The Balaban J connectivity index is 1.57. The first-order valence-corrected chi connectivity index (χ1v) is 9.75. The number of imide groups is 1. The van der Waals surface area contributed by atoms with E-state index in [0.717, 1.165) is 4.90 Å². The highest BCUT2D eigenvalue weighted by atomic mass is 35.5. The normalized spacial score (nSPS) is 13.2. The van der Waals surface area contributed by atoms with Gasteiger partial charge in [0, 0.05) is 10.6 Å². The summed E-state index contributed by atoms with van der Waals surface area (Å²) in [6, 6.07) is 17.1. The number of nitrogens with zero attached hydrogens (tertiary/aromatic N) is 2. The Morgan fingerprint density at radius 3 is 2.63 bits per heavy atom. The lowest BCUT2D eigenvalue weighted by molar-refractivity contribution is 0.0925. The molecule has 0 N–H and O–H groups in total. The summed E-state index contributed by atoms with van der Waals surface area (Å²) in [5.41, 5.74) is 2.85. The number of hydrogen-bond donors (Lipinski definition) is 0. The molecular formula is C23H15ClN2O4. The van der Waals surface area contributed by atoms with Crippen molar-refractivity contribution in [2.45, 2.75) is 6.92 Å². The van der Waals surface area contributed by atoms with E-state index in [-0.39, 0.29) is 0 Å². The number of fused-ring (bicyclic) bond motifs is 2. The zero-order valence-corrected chi connectivity index (χ0v) is 16.6. The van der Waals surface area contributed by atoms with Crippen LogP contribution in [0.4, 0.5) is 5.69 Å². The number of amides is 2. The van der Waals surface area contributed by atoms with Gasteiger partial charge in [-0.3, -0.25) is 9.59 Å². The van der Waals surface area contributed by atoms with Gasteiger partial charge >= 0.3 is 0 Å². The molecule has 2 amide bonds. The average Bonchev–Trinajstić information content (AvgIpc) is 3.27. The predicted octanol–water partition coefficient (Wildman–Crippen LogP) is 5.35. The topological polar surface area (TPSA) is 72.6 Å². The Bertz CT molecular complexity index is 1330. The third-order valence-corrected chi connectivity index (χ3v) is 5.12. The van der Waals surface area contributed by atoms with E-state index in [0.29, 0.717) is 56.7 Å². The van der Waals surface area contributed by atoms with Crippen LogP contribution in [0.25, 0.3) is 22.6 Å². The zero-order chi connectivity index (χ0) is 20.8. The number of benzene rings is 3. The van der Waals surface area contributed by atoms with Crippen LogP contribution in [-0.4, -0.2) is 23.4 Å². The molecule has 4 aromatic rings. The number of ether oxygens (including phenoxy) is 1. The highest BCUT2D eigenvalue weighted by Gasteiger charge is 2.38. The first kappa shape index (κ1) is 18.4. The number of aromatic nitrogens is 1. The van der Waals surface area contributed by atoms with Gasteiger partial charge in [0.25, 0.3) is 11.8 Å². The van der Waals surface area contributed by atoms with Gasteiger partial charge < -0.3 is 9.15 Å². The minimum Gasteiger partial charge on any atom is -0.492 e. The van der Waals surface area contributed by atoms with Crippen LogP contribution in [0.3, 0.4) is 0 Å². The molecule has 0 spiro atoms. The molecule has 148 valence electrons. The van der Waals surface area contributed by atoms with Crippen molar-refractivity contribution in [3.05, 3.63) is 76.8 Å². The monoisotopic (exact) mass is 418 g/mol. The summed E-state index contributed by atoms with van der Waals surface area (Å²) in [6.45, 7) is 2.27. The Kier molecular flexibility index (Phi) is 4.29. The fourth-order valence-corrected chi connectivity index (χ4v) is 3.70. The fourth-order valence-electron chi connectivity index (χ4n) is 3.54. The smallest absolute Gasteiger partial charge is 0.266 e. The molecule has 0 radical (unpaired) electrons. The van der Waals surface area contributed by atoms with E-state index in [1.807, 2.05) is 6.92 Å². The van der Waals surface area contributed by atoms with E-state index in [4.69, 9.17) is 20.8 Å². The highest BCUT2D eigenvalue weighted by molar-refractivity contribution is 6.35. The minimum atomic E-state index is -0.414. The number of rotatable bonds is 4. The first-order valence-electron chi connectivity index (χ1n) is 9.38. The molecule has 3 aromatic carbocycles. The van der Waals surface area contributed by atoms with Crippen LogP contribution in [0.15, 0.2) is 65.1 Å². The maximum absolute atomic E-state index is 13.1. The van der Waals surface area contributed by atoms with Crippen LogP contribution in [-0.2, 0) is 0 Å². The predicted molar refractivity (Wildman–Crippen MR) is 113 cm³/mol. The summed E-state index contributed by atoms with van der Waals surface area (Å²) < 4.78 is 11.4. The number of oxazole rings is 1. The number of carbonyl (C=O) groups excluding carboxylic acids is 2. The molecule has 0 unspecified atom stereocenters. The lowest BCUT2D eigenvalue weighted by Crippen LogP contribution is -2.29. The molecule has 0 saturated carbocycles. The van der Waals surface area contributed by atoms with E-state index < -0.39 is 11.8 Å². The largest absolute Gasteiger partial charge is 0.492 e. The second kappa shape index (κ2) is 7.00. The maximum Gasteiger partial charge on any atom is 0.266 e. The van der Waals surface area contributed by atoms with Gasteiger partial charge in [0.15, 0.2) is 5.58 Å². The molecule has 0 bridgehead atoms. The standard InChI is InChI=1S/C23H15ClN2O4/c1-2-29-20-6-4-3-5-18(20)26-22(27)15-9-7-13(11-16(15)23(26)28)21-25-17-12-14(24)8-10-19(17)30-21/h3-12H,2H2,1H3. The molecule has 1 aliphatic rings. The Morgan fingerprint density at radius 2 is 1.80 bits per heavy atom. The van der Waals surface area contributed by atoms with Crippen LogP contribution >= 0.6 is 11.6 Å². The average molecular weight is 419 g/mol. The summed E-state index contributed by atoms with van der Waals surface area (Å²) in [5.74, 6) is 0.0234. The van der Waals surface area contributed by atoms with E-state index in [1.165, 1.54) is 0 Å². The number of carbonyl (C=O) groups is 2. The number of halogens is 1. The Morgan fingerprint density at radius 1 is 1.00 bits per heavy atom. The molecule has 0 saturated heterocycles. The van der Waals surface area contributed by atoms with Crippen LogP contribution < -0.4 is 9.64 Å². The molecule has 2 heterocycles. The van der Waals surface area contributed by atoms with Crippen LogP contribution in [0.1, 0.15) is 27.6 Å². The van der Waals surface area contributed by atoms with Crippen molar-refractivity contribution in [3.8, 4) is 17.2 Å². The third-order valence-electron chi connectivity index (χ3n) is 4.89. The second-order valence-corrected chi connectivity index (χ2v) is 7.17. The van der Waals surface area contributed by atoms with Crippen molar-refractivity contribution in [1.82, 2.24) is 4.98 Å². The van der Waals surface area contributed by atoms with Gasteiger partial charge in [0.1, 0.15) is 11.3 Å². The summed E-state index contributed by atoms with van der Waals surface area (Å²) in [5, 5.41) is 0.556. The summed E-state index contributed by atoms with van der Waals surface area (Å²) in [7, 11) is 0. The number of anilines is 1. The molecule has 0 fully saturated rings. The maximum atomic E-state index is 13.1. The van der Waals surface area contributed by atoms with Gasteiger partial charge in [-0.1, -0.05) is 23.7 Å². The molecular weight excluding hydrogens is 404 g/mol. The van der Waals surface area contributed by atoms with Crippen molar-refractivity contribution < 1.29 is 18.7 Å². The first-order chi connectivity index (χ1) is 14.6. The van der Waals surface area contributed by atoms with Gasteiger partial charge in [-0.15, -0.1) is 0 Å². The van der Waals surface area contributed by atoms with E-state index in [2.05, 4.69) is 4.98 Å². The summed E-state index contributed by atoms with van der Waals surface area (Å²) in [6.07, 6.45) is 0. The van der Waals surface area contributed by atoms with Crippen molar-refractivity contribution in [2.24, 2.45) is 0 Å². The van der Waals surface area contributed by atoms with E-state index >= 15 is 0 Å². The van der Waals surface area contributed by atoms with E-state index in [9.17, 15) is 9.59 Å². The highest BCUT2D eigenvalue weighted by Crippen LogP contribution is 2.36. The third kappa shape index (κ3) is 2.84. The lowest BCUT2D eigenvalue weighted by atomic mass is 10.1. The van der Waals surface area contributed by atoms with Gasteiger partial charge in [-0.2, -0.15) is 0 Å². The van der Waals surface area contributed by atoms with Gasteiger partial charge in [-0.25, -0.2) is 9.88 Å². The van der Waals surface area contributed by atoms with Gasteiger partial charge in [0.2, 0.25) is 5.89 Å². The Hall–Kier alpha value is -3.64. The quantitative estimate of drug-likeness (QED) is 0.418. The molecule has 0 atom stereocenters. The molecule has 5 rings (SSSR count). The van der Waals surface area contributed by atoms with Crippen molar-refractivity contribution in [2.75, 3.05) is 11.5 Å². The molecule has 0 aliphatic carbocycles. The van der Waals surface area contributed by atoms with Crippen LogP contribution in [0, 0.1) is 0 Å². The molecule has 1 aliphatic heterocycles. The van der Waals surface area contributed by atoms with Crippen molar-refractivity contribution in [1.29, 1.82) is 0 Å². The van der Waals surface area contributed by atoms with Gasteiger partial charge in [-0.05, 0) is 55.5 Å². The molecule has 1 aromatic heterocycles. The molecule has 30 heavy (non-hydrogen) atoms. The number of para-hydroxylation sites is 2. The molecule has 6 nitrogen and oxygen atoms in total. The van der Waals surface area contributed by atoms with Crippen LogP contribution in [0.5, 0.6) is 5.75 Å². The second-order valence-electron chi connectivity index (χ2n) is 6.74. The van der Waals surface area contributed by atoms with Crippen molar-refractivity contribution >= 4 is 40.2 Å². The van der Waals surface area contributed by atoms with E-state index in [1.54, 1.807) is 60.7 Å².